The number of hydrogen-bond acceptors (Lipinski definition) is 4. The molecule has 3 rings (SSSR count). The number of anilines is 1. The standard InChI is InChI=1S/C20H26N4O/c1-3-16-6-8-17(9-7-16)13-22-19(25)18-5-4-12-24(14-18)20-21-11-10-15(2)23-20/h6-11,18H,3-5,12-14H2,1-2H3,(H,22,25). The van der Waals surface area contributed by atoms with Gasteiger partial charge in [-0.25, -0.2) is 9.97 Å². The zero-order chi connectivity index (χ0) is 17.6. The average molecular weight is 338 g/mol. The van der Waals surface area contributed by atoms with E-state index in [9.17, 15) is 4.79 Å². The second-order valence-corrected chi connectivity index (χ2v) is 6.67. The van der Waals surface area contributed by atoms with Crippen LogP contribution in [-0.2, 0) is 17.8 Å². The Balaban J connectivity index is 1.56. The Bertz CT molecular complexity index is 714. The number of amides is 1. The van der Waals surface area contributed by atoms with Gasteiger partial charge >= 0.3 is 0 Å². The summed E-state index contributed by atoms with van der Waals surface area (Å²) in [6.07, 6.45) is 4.72. The van der Waals surface area contributed by atoms with Gasteiger partial charge in [0, 0.05) is 31.5 Å². The first-order chi connectivity index (χ1) is 12.2. The summed E-state index contributed by atoms with van der Waals surface area (Å²) in [6, 6.07) is 10.3. The molecule has 1 saturated heterocycles. The third kappa shape index (κ3) is 4.56. The van der Waals surface area contributed by atoms with Gasteiger partial charge in [0.05, 0.1) is 5.92 Å². The smallest absolute Gasteiger partial charge is 0.225 e. The van der Waals surface area contributed by atoms with E-state index in [1.54, 1.807) is 6.20 Å². The van der Waals surface area contributed by atoms with Crippen LogP contribution >= 0.6 is 0 Å². The topological polar surface area (TPSA) is 58.1 Å². The summed E-state index contributed by atoms with van der Waals surface area (Å²) in [5.41, 5.74) is 3.41. The molecule has 1 fully saturated rings. The molecule has 0 bridgehead atoms. The first-order valence-electron chi connectivity index (χ1n) is 9.06. The van der Waals surface area contributed by atoms with Crippen molar-refractivity contribution in [2.24, 2.45) is 5.92 Å². The van der Waals surface area contributed by atoms with Gasteiger partial charge in [-0.3, -0.25) is 4.79 Å². The van der Waals surface area contributed by atoms with Gasteiger partial charge in [-0.1, -0.05) is 31.2 Å². The molecular weight excluding hydrogens is 312 g/mol. The molecule has 132 valence electrons. The molecule has 0 spiro atoms. The summed E-state index contributed by atoms with van der Waals surface area (Å²) in [5, 5.41) is 3.08. The molecule has 2 aromatic rings. The Hall–Kier alpha value is -2.43. The van der Waals surface area contributed by atoms with E-state index in [4.69, 9.17) is 0 Å². The number of hydrogen-bond donors (Lipinski definition) is 1. The Morgan fingerprint density at radius 2 is 2.00 bits per heavy atom. The van der Waals surface area contributed by atoms with Crippen molar-refractivity contribution >= 4 is 11.9 Å². The van der Waals surface area contributed by atoms with E-state index in [0.29, 0.717) is 13.1 Å². The van der Waals surface area contributed by atoms with Crippen molar-refractivity contribution in [3.8, 4) is 0 Å². The Labute approximate surface area is 149 Å². The maximum atomic E-state index is 12.6. The number of aromatic nitrogens is 2. The van der Waals surface area contributed by atoms with Gasteiger partial charge in [0.1, 0.15) is 0 Å². The normalized spacial score (nSPS) is 17.4. The first-order valence-corrected chi connectivity index (χ1v) is 9.06. The fraction of sp³-hybridized carbons (Fsp3) is 0.450. The van der Waals surface area contributed by atoms with Crippen LogP contribution in [0.1, 0.15) is 36.6 Å². The molecular formula is C20H26N4O. The number of piperidine rings is 1. The zero-order valence-electron chi connectivity index (χ0n) is 15.0. The van der Waals surface area contributed by atoms with Crippen molar-refractivity contribution in [2.45, 2.75) is 39.7 Å². The third-order valence-corrected chi connectivity index (χ3v) is 4.76. The quantitative estimate of drug-likeness (QED) is 0.911. The number of nitrogens with one attached hydrogen (secondary N) is 1. The van der Waals surface area contributed by atoms with Crippen molar-refractivity contribution in [2.75, 3.05) is 18.0 Å². The van der Waals surface area contributed by atoms with Gasteiger partial charge in [-0.2, -0.15) is 0 Å². The Morgan fingerprint density at radius 3 is 2.72 bits per heavy atom. The Morgan fingerprint density at radius 1 is 1.24 bits per heavy atom. The van der Waals surface area contributed by atoms with E-state index in [1.165, 1.54) is 5.56 Å². The SMILES string of the molecule is CCc1ccc(CNC(=O)C2CCCN(c3nccc(C)n3)C2)cc1. The highest BCUT2D eigenvalue weighted by atomic mass is 16.1. The first kappa shape index (κ1) is 17.4. The van der Waals surface area contributed by atoms with Crippen LogP contribution in [0.4, 0.5) is 5.95 Å². The lowest BCUT2D eigenvalue weighted by atomic mass is 9.97. The number of benzene rings is 1. The fourth-order valence-electron chi connectivity index (χ4n) is 3.19. The van der Waals surface area contributed by atoms with Crippen molar-refractivity contribution in [1.82, 2.24) is 15.3 Å². The molecule has 0 radical (unpaired) electrons. The van der Waals surface area contributed by atoms with E-state index in [1.807, 2.05) is 13.0 Å². The summed E-state index contributed by atoms with van der Waals surface area (Å²) in [6.45, 7) is 6.28. The molecule has 0 saturated carbocycles. The van der Waals surface area contributed by atoms with Crippen molar-refractivity contribution < 1.29 is 4.79 Å². The summed E-state index contributed by atoms with van der Waals surface area (Å²) < 4.78 is 0. The number of aryl methyl sites for hydroxylation is 2. The van der Waals surface area contributed by atoms with Gasteiger partial charge in [0.15, 0.2) is 0 Å². The van der Waals surface area contributed by atoms with Crippen molar-refractivity contribution in [3.05, 3.63) is 53.3 Å². The third-order valence-electron chi connectivity index (χ3n) is 4.76. The minimum atomic E-state index is -0.00669. The lowest BCUT2D eigenvalue weighted by Crippen LogP contribution is -2.43. The minimum Gasteiger partial charge on any atom is -0.352 e. The molecule has 2 heterocycles. The van der Waals surface area contributed by atoms with Gasteiger partial charge < -0.3 is 10.2 Å². The maximum absolute atomic E-state index is 12.6. The molecule has 1 aliphatic rings. The van der Waals surface area contributed by atoms with Crippen LogP contribution in [0.15, 0.2) is 36.5 Å². The molecule has 5 heteroatoms. The van der Waals surface area contributed by atoms with Crippen molar-refractivity contribution in [1.29, 1.82) is 0 Å². The van der Waals surface area contributed by atoms with E-state index in [-0.39, 0.29) is 11.8 Å². The highest BCUT2D eigenvalue weighted by molar-refractivity contribution is 5.79. The molecule has 1 aromatic carbocycles. The highest BCUT2D eigenvalue weighted by Gasteiger charge is 2.26. The van der Waals surface area contributed by atoms with Crippen molar-refractivity contribution in [3.63, 3.8) is 0 Å². The lowest BCUT2D eigenvalue weighted by Gasteiger charge is -2.32. The van der Waals surface area contributed by atoms with E-state index in [2.05, 4.69) is 51.4 Å². The number of rotatable bonds is 5. The summed E-state index contributed by atoms with van der Waals surface area (Å²) >= 11 is 0. The van der Waals surface area contributed by atoms with Gasteiger partial charge in [-0.15, -0.1) is 0 Å². The lowest BCUT2D eigenvalue weighted by molar-refractivity contribution is -0.125. The fourth-order valence-corrected chi connectivity index (χ4v) is 3.19. The Kier molecular flexibility index (Phi) is 5.64. The van der Waals surface area contributed by atoms with Crippen LogP contribution in [0, 0.1) is 12.8 Å². The molecule has 1 atom stereocenters. The van der Waals surface area contributed by atoms with Crippen LogP contribution in [0.2, 0.25) is 0 Å². The molecule has 1 unspecified atom stereocenters. The van der Waals surface area contributed by atoms with Crippen LogP contribution in [0.5, 0.6) is 0 Å². The zero-order valence-corrected chi connectivity index (χ0v) is 15.0. The molecule has 1 aromatic heterocycles. The summed E-state index contributed by atoms with van der Waals surface area (Å²) in [7, 11) is 0. The molecule has 0 aliphatic carbocycles. The maximum Gasteiger partial charge on any atom is 0.225 e. The average Bonchev–Trinajstić information content (AvgIpc) is 2.66. The molecule has 25 heavy (non-hydrogen) atoms. The van der Waals surface area contributed by atoms with Crippen LogP contribution < -0.4 is 10.2 Å². The second kappa shape index (κ2) is 8.10. The molecule has 1 N–H and O–H groups in total. The van der Waals surface area contributed by atoms with Crippen LogP contribution in [0.25, 0.3) is 0 Å². The molecule has 1 aliphatic heterocycles. The van der Waals surface area contributed by atoms with Gasteiger partial charge in [0.25, 0.3) is 0 Å². The molecule has 1 amide bonds. The van der Waals surface area contributed by atoms with E-state index >= 15 is 0 Å². The highest BCUT2D eigenvalue weighted by Crippen LogP contribution is 2.20. The van der Waals surface area contributed by atoms with Gasteiger partial charge in [-0.05, 0) is 43.4 Å². The summed E-state index contributed by atoms with van der Waals surface area (Å²) in [5.74, 6) is 0.845. The number of nitrogens with zero attached hydrogens (tertiary/aromatic N) is 3. The minimum absolute atomic E-state index is 0.00669. The number of carbonyl (C=O) groups is 1. The monoisotopic (exact) mass is 338 g/mol. The van der Waals surface area contributed by atoms with Crippen LogP contribution in [-0.4, -0.2) is 29.0 Å². The predicted molar refractivity (Wildman–Crippen MR) is 99.4 cm³/mol. The second-order valence-electron chi connectivity index (χ2n) is 6.67. The van der Waals surface area contributed by atoms with E-state index < -0.39 is 0 Å². The van der Waals surface area contributed by atoms with Crippen LogP contribution in [0.3, 0.4) is 0 Å². The summed E-state index contributed by atoms with van der Waals surface area (Å²) in [4.78, 5) is 23.5. The predicted octanol–water partition coefficient (Wildman–Crippen LogP) is 2.88. The largest absolute Gasteiger partial charge is 0.352 e. The number of carbonyl (C=O) groups excluding carboxylic acids is 1. The van der Waals surface area contributed by atoms with E-state index in [0.717, 1.165) is 43.0 Å². The molecule has 5 nitrogen and oxygen atoms in total. The van der Waals surface area contributed by atoms with Gasteiger partial charge in [0.2, 0.25) is 11.9 Å².